The van der Waals surface area contributed by atoms with Gasteiger partial charge in [0.2, 0.25) is 5.91 Å². The summed E-state index contributed by atoms with van der Waals surface area (Å²) < 4.78 is 0. The SMILES string of the molecule is CCCCCCCCCCCCCCCCCCCCC(=O)N[C@@H](CO)[C@H](O)CCCCCCCCCCCCCCCCCCC. The number of unbranched alkanes of at least 4 members (excludes halogenated alkanes) is 33. The molecule has 2 atom stereocenters. The van der Waals surface area contributed by atoms with Crippen LogP contribution in [-0.4, -0.2) is 34.9 Å². The standard InChI is InChI=1S/C43H87NO3/c1-3-5-7-9-11-13-15-17-19-21-23-25-27-29-31-33-35-37-39-43(47)44-41(40-45)42(46)38-36-34-32-30-28-26-24-22-20-18-16-14-12-10-8-6-4-2/h41-42,45-46H,3-40H2,1-2H3,(H,44,47)/t41-,42+/m0/s1. The number of rotatable bonds is 40. The van der Waals surface area contributed by atoms with Crippen LogP contribution in [0.2, 0.25) is 0 Å². The van der Waals surface area contributed by atoms with Crippen molar-refractivity contribution >= 4 is 5.91 Å². The molecule has 0 aliphatic carbocycles. The minimum atomic E-state index is -0.652. The van der Waals surface area contributed by atoms with Gasteiger partial charge in [-0.25, -0.2) is 0 Å². The molecule has 47 heavy (non-hydrogen) atoms. The summed E-state index contributed by atoms with van der Waals surface area (Å²) in [5, 5.41) is 23.2. The van der Waals surface area contributed by atoms with Gasteiger partial charge in [-0.3, -0.25) is 4.79 Å². The average molecular weight is 666 g/mol. The van der Waals surface area contributed by atoms with E-state index in [-0.39, 0.29) is 12.5 Å². The maximum absolute atomic E-state index is 12.4. The molecule has 0 aromatic heterocycles. The molecule has 0 spiro atoms. The van der Waals surface area contributed by atoms with Crippen LogP contribution in [0.3, 0.4) is 0 Å². The van der Waals surface area contributed by atoms with Crippen LogP contribution >= 0.6 is 0 Å². The van der Waals surface area contributed by atoms with Crippen LogP contribution in [0.1, 0.15) is 251 Å². The molecular formula is C43H87NO3. The van der Waals surface area contributed by atoms with E-state index in [2.05, 4.69) is 19.2 Å². The van der Waals surface area contributed by atoms with E-state index in [1.807, 2.05) is 0 Å². The number of hydrogen-bond donors (Lipinski definition) is 3. The summed E-state index contributed by atoms with van der Waals surface area (Å²) in [6.45, 7) is 4.38. The zero-order valence-electron chi connectivity index (χ0n) is 32.3. The second-order valence-electron chi connectivity index (χ2n) is 15.1. The van der Waals surface area contributed by atoms with Gasteiger partial charge in [0.15, 0.2) is 0 Å². The predicted octanol–water partition coefficient (Wildman–Crippen LogP) is 13.3. The number of carbonyl (C=O) groups is 1. The number of carbonyl (C=O) groups excluding carboxylic acids is 1. The van der Waals surface area contributed by atoms with Crippen molar-refractivity contribution in [3.63, 3.8) is 0 Å². The summed E-state index contributed by atoms with van der Waals surface area (Å²) in [6.07, 6.45) is 47.4. The van der Waals surface area contributed by atoms with Gasteiger partial charge in [0.25, 0.3) is 0 Å². The largest absolute Gasteiger partial charge is 0.394 e. The number of aliphatic hydroxyl groups excluding tert-OH is 2. The summed E-state index contributed by atoms with van der Waals surface area (Å²) in [5.74, 6) is -0.0259. The van der Waals surface area contributed by atoms with E-state index in [9.17, 15) is 15.0 Å². The lowest BCUT2D eigenvalue weighted by Crippen LogP contribution is -2.45. The van der Waals surface area contributed by atoms with Crippen LogP contribution in [-0.2, 0) is 4.79 Å². The Kier molecular flexibility index (Phi) is 39.3. The van der Waals surface area contributed by atoms with Crippen molar-refractivity contribution in [2.45, 2.75) is 264 Å². The van der Waals surface area contributed by atoms with Crippen molar-refractivity contribution in [1.29, 1.82) is 0 Å². The molecule has 0 rings (SSSR count). The van der Waals surface area contributed by atoms with Crippen LogP contribution in [0.15, 0.2) is 0 Å². The molecule has 3 N–H and O–H groups in total. The number of aliphatic hydroxyl groups is 2. The highest BCUT2D eigenvalue weighted by molar-refractivity contribution is 5.76. The van der Waals surface area contributed by atoms with Crippen molar-refractivity contribution in [1.82, 2.24) is 5.32 Å². The lowest BCUT2D eigenvalue weighted by atomic mass is 10.0. The second-order valence-corrected chi connectivity index (χ2v) is 15.1. The van der Waals surface area contributed by atoms with Crippen LogP contribution in [0.5, 0.6) is 0 Å². The highest BCUT2D eigenvalue weighted by Crippen LogP contribution is 2.17. The van der Waals surface area contributed by atoms with Gasteiger partial charge in [0.1, 0.15) is 0 Å². The fraction of sp³-hybridized carbons (Fsp3) is 0.977. The maximum atomic E-state index is 12.4. The Labute approximate surface area is 295 Å². The van der Waals surface area contributed by atoms with Crippen LogP contribution < -0.4 is 5.32 Å². The molecule has 0 aliphatic rings. The van der Waals surface area contributed by atoms with E-state index in [1.54, 1.807) is 0 Å². The van der Waals surface area contributed by atoms with Gasteiger partial charge in [0, 0.05) is 6.42 Å². The zero-order chi connectivity index (χ0) is 34.3. The van der Waals surface area contributed by atoms with Crippen LogP contribution in [0.4, 0.5) is 0 Å². The lowest BCUT2D eigenvalue weighted by molar-refractivity contribution is -0.123. The number of hydrogen-bond acceptors (Lipinski definition) is 3. The first-order valence-electron chi connectivity index (χ1n) is 21.7. The topological polar surface area (TPSA) is 69.6 Å². The molecule has 0 heterocycles. The molecule has 0 bridgehead atoms. The van der Waals surface area contributed by atoms with E-state index >= 15 is 0 Å². The molecule has 4 nitrogen and oxygen atoms in total. The minimum Gasteiger partial charge on any atom is -0.394 e. The van der Waals surface area contributed by atoms with E-state index in [0.29, 0.717) is 12.8 Å². The molecular weight excluding hydrogens is 578 g/mol. The van der Waals surface area contributed by atoms with Crippen LogP contribution in [0.25, 0.3) is 0 Å². The molecule has 0 aromatic carbocycles. The highest BCUT2D eigenvalue weighted by atomic mass is 16.3. The Bertz CT molecular complexity index is 598. The zero-order valence-corrected chi connectivity index (χ0v) is 32.3. The highest BCUT2D eigenvalue weighted by Gasteiger charge is 2.20. The van der Waals surface area contributed by atoms with Gasteiger partial charge >= 0.3 is 0 Å². The smallest absolute Gasteiger partial charge is 0.220 e. The van der Waals surface area contributed by atoms with Gasteiger partial charge < -0.3 is 15.5 Å². The summed E-state index contributed by atoms with van der Waals surface area (Å²) >= 11 is 0. The first kappa shape index (κ1) is 46.4. The average Bonchev–Trinajstić information content (AvgIpc) is 3.07. The molecule has 0 aromatic rings. The summed E-state index contributed by atoms with van der Waals surface area (Å²) in [6, 6.07) is -0.529. The van der Waals surface area contributed by atoms with Crippen molar-refractivity contribution in [3.8, 4) is 0 Å². The molecule has 282 valence electrons. The summed E-state index contributed by atoms with van der Waals surface area (Å²) in [7, 11) is 0. The Morgan fingerprint density at radius 1 is 0.426 bits per heavy atom. The van der Waals surface area contributed by atoms with E-state index < -0.39 is 12.1 Å². The number of amides is 1. The Morgan fingerprint density at radius 3 is 0.957 bits per heavy atom. The van der Waals surface area contributed by atoms with Gasteiger partial charge in [-0.15, -0.1) is 0 Å². The van der Waals surface area contributed by atoms with E-state index in [0.717, 1.165) is 25.7 Å². The maximum Gasteiger partial charge on any atom is 0.220 e. The minimum absolute atomic E-state index is 0.0259. The van der Waals surface area contributed by atoms with Crippen molar-refractivity contribution in [3.05, 3.63) is 0 Å². The molecule has 0 aliphatic heterocycles. The molecule has 0 saturated carbocycles. The Balaban J connectivity index is 3.47. The molecule has 0 saturated heterocycles. The van der Waals surface area contributed by atoms with E-state index in [1.165, 1.54) is 199 Å². The quantitative estimate of drug-likeness (QED) is 0.0570. The fourth-order valence-electron chi connectivity index (χ4n) is 7.01. The van der Waals surface area contributed by atoms with Gasteiger partial charge in [-0.2, -0.15) is 0 Å². The first-order chi connectivity index (χ1) is 23.2. The lowest BCUT2D eigenvalue weighted by Gasteiger charge is -2.22. The third-order valence-electron chi connectivity index (χ3n) is 10.4. The molecule has 0 fully saturated rings. The number of nitrogens with one attached hydrogen (secondary N) is 1. The van der Waals surface area contributed by atoms with Crippen LogP contribution in [0, 0.1) is 0 Å². The monoisotopic (exact) mass is 666 g/mol. The van der Waals surface area contributed by atoms with Gasteiger partial charge in [-0.05, 0) is 12.8 Å². The second kappa shape index (κ2) is 39.8. The molecule has 0 radical (unpaired) electrons. The van der Waals surface area contributed by atoms with Gasteiger partial charge in [-0.1, -0.05) is 232 Å². The fourth-order valence-corrected chi connectivity index (χ4v) is 7.01. The first-order valence-corrected chi connectivity index (χ1v) is 21.7. The van der Waals surface area contributed by atoms with Crippen molar-refractivity contribution in [2.24, 2.45) is 0 Å². The van der Waals surface area contributed by atoms with Crippen molar-refractivity contribution in [2.75, 3.05) is 6.61 Å². The van der Waals surface area contributed by atoms with Crippen molar-refractivity contribution < 1.29 is 15.0 Å². The third-order valence-corrected chi connectivity index (χ3v) is 10.4. The predicted molar refractivity (Wildman–Crippen MR) is 207 cm³/mol. The third kappa shape index (κ3) is 36.5. The molecule has 4 heteroatoms. The Morgan fingerprint density at radius 2 is 0.681 bits per heavy atom. The Hall–Kier alpha value is -0.610. The summed E-state index contributed by atoms with van der Waals surface area (Å²) in [4.78, 5) is 12.4. The van der Waals surface area contributed by atoms with E-state index in [4.69, 9.17) is 0 Å². The summed E-state index contributed by atoms with van der Waals surface area (Å²) in [5.41, 5.74) is 0. The normalized spacial score (nSPS) is 12.9. The molecule has 0 unspecified atom stereocenters. The van der Waals surface area contributed by atoms with Gasteiger partial charge in [0.05, 0.1) is 18.8 Å². The molecule has 1 amide bonds.